The summed E-state index contributed by atoms with van der Waals surface area (Å²) in [7, 11) is 0. The van der Waals surface area contributed by atoms with E-state index in [9.17, 15) is 24.0 Å². The highest BCUT2D eigenvalue weighted by Crippen LogP contribution is 2.36. The molecular weight excluding hydrogens is 822 g/mol. The number of carbonyl (C=O) groups excluding carboxylic acids is 5. The zero-order valence-corrected chi connectivity index (χ0v) is 36.3. The van der Waals surface area contributed by atoms with E-state index in [0.29, 0.717) is 42.4 Å². The summed E-state index contributed by atoms with van der Waals surface area (Å²) in [5.74, 6) is -0.205. The topological polar surface area (TPSA) is 147 Å². The number of hydrogen-bond donors (Lipinski definition) is 2. The zero-order chi connectivity index (χ0) is 44.1. The summed E-state index contributed by atoms with van der Waals surface area (Å²) >= 11 is 6.32. The van der Waals surface area contributed by atoms with Gasteiger partial charge in [0.2, 0.25) is 17.7 Å². The number of rotatable bonds is 19. The molecule has 63 heavy (non-hydrogen) atoms. The van der Waals surface area contributed by atoms with Crippen molar-refractivity contribution in [1.82, 2.24) is 20.0 Å². The van der Waals surface area contributed by atoms with Crippen LogP contribution in [-0.4, -0.2) is 121 Å². The molecule has 4 aromatic carbocycles. The van der Waals surface area contributed by atoms with Crippen molar-refractivity contribution in [2.24, 2.45) is 0 Å². The van der Waals surface area contributed by atoms with Gasteiger partial charge in [-0.2, -0.15) is 0 Å². The maximum absolute atomic E-state index is 13.1. The predicted octanol–water partition coefficient (Wildman–Crippen LogP) is 6.01. The molecule has 2 fully saturated rings. The molecular formula is C49H54ClN5O8. The Labute approximate surface area is 373 Å². The molecule has 14 heteroatoms. The van der Waals surface area contributed by atoms with Crippen molar-refractivity contribution in [2.45, 2.75) is 51.3 Å². The summed E-state index contributed by atoms with van der Waals surface area (Å²) in [4.78, 5) is 68.7. The maximum atomic E-state index is 13.1. The molecule has 0 bridgehead atoms. The summed E-state index contributed by atoms with van der Waals surface area (Å²) in [6.45, 7) is 6.45. The fourth-order valence-corrected chi connectivity index (χ4v) is 8.40. The molecule has 2 N–H and O–H groups in total. The van der Waals surface area contributed by atoms with Crippen LogP contribution in [0.4, 0.5) is 5.69 Å². The molecule has 330 valence electrons. The molecule has 3 aliphatic rings. The summed E-state index contributed by atoms with van der Waals surface area (Å²) in [5, 5.41) is 5.14. The molecule has 7 rings (SSSR count). The van der Waals surface area contributed by atoms with E-state index < -0.39 is 24.0 Å². The van der Waals surface area contributed by atoms with E-state index in [1.165, 1.54) is 10.5 Å². The Morgan fingerprint density at radius 3 is 2.19 bits per heavy atom. The van der Waals surface area contributed by atoms with E-state index in [0.717, 1.165) is 54.1 Å². The van der Waals surface area contributed by atoms with Crippen molar-refractivity contribution < 1.29 is 38.2 Å². The quantitative estimate of drug-likeness (QED) is 0.0501. The van der Waals surface area contributed by atoms with Gasteiger partial charge in [-0.05, 0) is 71.9 Å². The minimum absolute atomic E-state index is 0.0371. The van der Waals surface area contributed by atoms with Crippen molar-refractivity contribution in [3.8, 4) is 5.75 Å². The maximum Gasteiger partial charge on any atom is 0.255 e. The summed E-state index contributed by atoms with van der Waals surface area (Å²) in [6, 6.07) is 33.4. The van der Waals surface area contributed by atoms with Crippen molar-refractivity contribution in [2.75, 3.05) is 70.3 Å². The number of imide groups is 1. The van der Waals surface area contributed by atoms with Crippen LogP contribution in [0.1, 0.15) is 65.2 Å². The zero-order valence-electron chi connectivity index (χ0n) is 35.6. The number of carbonyl (C=O) groups is 5. The SMILES string of the molecule is CC(OCCOCCC(=O)N1CCN(CCOc2ccc(/C(=C(/CCCl)c3ccccc3)c3ccccc3)cc2)CC1)C(=O)Nc1cccc2c1CN(C1CCC(=O)NC1=O)C2=O. The average Bonchev–Trinajstić information content (AvgIpc) is 3.64. The van der Waals surface area contributed by atoms with Crippen LogP contribution in [0.3, 0.4) is 0 Å². The second-order valence-corrected chi connectivity index (χ2v) is 16.1. The van der Waals surface area contributed by atoms with Gasteiger partial charge in [0.05, 0.1) is 26.2 Å². The van der Waals surface area contributed by atoms with Gasteiger partial charge in [0.1, 0.15) is 24.5 Å². The van der Waals surface area contributed by atoms with Crippen LogP contribution in [0.25, 0.3) is 11.1 Å². The highest BCUT2D eigenvalue weighted by Gasteiger charge is 2.40. The molecule has 0 spiro atoms. The third-order valence-electron chi connectivity index (χ3n) is 11.6. The van der Waals surface area contributed by atoms with Gasteiger partial charge in [0.15, 0.2) is 0 Å². The van der Waals surface area contributed by atoms with Crippen LogP contribution in [-0.2, 0) is 35.2 Å². The van der Waals surface area contributed by atoms with E-state index >= 15 is 0 Å². The minimum Gasteiger partial charge on any atom is -0.492 e. The van der Waals surface area contributed by atoms with Gasteiger partial charge >= 0.3 is 0 Å². The molecule has 0 aliphatic carbocycles. The number of alkyl halides is 1. The molecule has 5 amide bonds. The summed E-state index contributed by atoms with van der Waals surface area (Å²) in [6.07, 6.45) is 0.590. The Hall–Kier alpha value is -5.86. The third-order valence-corrected chi connectivity index (χ3v) is 11.8. The first-order chi connectivity index (χ1) is 30.7. The molecule has 2 saturated heterocycles. The summed E-state index contributed by atoms with van der Waals surface area (Å²) < 4.78 is 17.5. The van der Waals surface area contributed by atoms with Crippen LogP contribution in [0.5, 0.6) is 5.75 Å². The number of amides is 5. The lowest BCUT2D eigenvalue weighted by Crippen LogP contribution is -2.52. The Morgan fingerprint density at radius 2 is 1.49 bits per heavy atom. The lowest BCUT2D eigenvalue weighted by molar-refractivity contribution is -0.137. The first kappa shape index (κ1) is 45.2. The standard InChI is InChI=1S/C49H54ClN5O8/c1-34(47(58)51-42-14-8-13-40-41(42)33-55(49(40)60)43-19-20-44(56)52-48(43)59)62-32-31-61-29-22-45(57)54-26-24-53(25-27-54)28-30-63-38-17-15-37(16-18-38)46(36-11-6-3-7-12-36)39(21-23-50)35-9-4-2-5-10-35/h2-18,34,43H,19-33H2,1H3,(H,51,58)(H,52,56,59)/b46-39-. The van der Waals surface area contributed by atoms with Gasteiger partial charge in [-0.15, -0.1) is 11.6 Å². The normalized spacial score (nSPS) is 17.5. The third kappa shape index (κ3) is 11.6. The lowest BCUT2D eigenvalue weighted by Gasteiger charge is -2.34. The lowest BCUT2D eigenvalue weighted by atomic mass is 9.88. The molecule has 4 aromatic rings. The Kier molecular flexibility index (Phi) is 15.8. The average molecular weight is 876 g/mol. The highest BCUT2D eigenvalue weighted by molar-refractivity contribution is 6.18. The number of fused-ring (bicyclic) bond motifs is 1. The number of piperazine rings is 1. The first-order valence-electron chi connectivity index (χ1n) is 21.6. The molecule has 0 radical (unpaired) electrons. The molecule has 3 heterocycles. The highest BCUT2D eigenvalue weighted by atomic mass is 35.5. The van der Waals surface area contributed by atoms with Gasteiger partial charge in [-0.3, -0.25) is 34.2 Å². The van der Waals surface area contributed by atoms with E-state index in [-0.39, 0.29) is 63.3 Å². The van der Waals surface area contributed by atoms with E-state index in [4.69, 9.17) is 25.8 Å². The number of ether oxygens (including phenoxy) is 3. The number of piperidine rings is 1. The van der Waals surface area contributed by atoms with E-state index in [1.807, 2.05) is 29.2 Å². The van der Waals surface area contributed by atoms with Crippen LogP contribution in [0.2, 0.25) is 0 Å². The number of halogens is 1. The number of nitrogens with one attached hydrogen (secondary N) is 2. The Morgan fingerprint density at radius 1 is 0.794 bits per heavy atom. The van der Waals surface area contributed by atoms with Crippen molar-refractivity contribution in [3.63, 3.8) is 0 Å². The number of benzene rings is 4. The van der Waals surface area contributed by atoms with Crippen molar-refractivity contribution >= 4 is 58.0 Å². The molecule has 2 unspecified atom stereocenters. The largest absolute Gasteiger partial charge is 0.492 e. The predicted molar refractivity (Wildman–Crippen MR) is 241 cm³/mol. The minimum atomic E-state index is -0.813. The molecule has 13 nitrogen and oxygen atoms in total. The van der Waals surface area contributed by atoms with Crippen LogP contribution >= 0.6 is 11.6 Å². The van der Waals surface area contributed by atoms with E-state index in [2.05, 4.69) is 76.2 Å². The van der Waals surface area contributed by atoms with E-state index in [1.54, 1.807) is 25.1 Å². The second kappa shape index (κ2) is 22.0. The van der Waals surface area contributed by atoms with Crippen LogP contribution in [0, 0.1) is 0 Å². The number of hydrogen-bond acceptors (Lipinski definition) is 9. The fourth-order valence-electron chi connectivity index (χ4n) is 8.22. The monoisotopic (exact) mass is 875 g/mol. The molecule has 3 aliphatic heterocycles. The number of nitrogens with zero attached hydrogens (tertiary/aromatic N) is 3. The first-order valence-corrected chi connectivity index (χ1v) is 22.1. The van der Waals surface area contributed by atoms with Gasteiger partial charge in [0, 0.05) is 68.4 Å². The summed E-state index contributed by atoms with van der Waals surface area (Å²) in [5.41, 5.74) is 7.23. The second-order valence-electron chi connectivity index (χ2n) is 15.7. The van der Waals surface area contributed by atoms with Gasteiger partial charge in [0.25, 0.3) is 11.8 Å². The van der Waals surface area contributed by atoms with Gasteiger partial charge < -0.3 is 29.3 Å². The smallest absolute Gasteiger partial charge is 0.255 e. The van der Waals surface area contributed by atoms with Crippen molar-refractivity contribution in [1.29, 1.82) is 0 Å². The Balaban J connectivity index is 0.781. The van der Waals surface area contributed by atoms with Crippen LogP contribution in [0.15, 0.2) is 103 Å². The number of anilines is 1. The molecule has 2 atom stereocenters. The fraction of sp³-hybridized carbons (Fsp3) is 0.367. The number of allylic oxidation sites excluding steroid dienone is 1. The Bertz CT molecular complexity index is 2260. The molecule has 0 aromatic heterocycles. The van der Waals surface area contributed by atoms with Gasteiger partial charge in [-0.25, -0.2) is 0 Å². The van der Waals surface area contributed by atoms with Crippen LogP contribution < -0.4 is 15.4 Å². The molecule has 0 saturated carbocycles. The van der Waals surface area contributed by atoms with Gasteiger partial charge in [-0.1, -0.05) is 78.9 Å². The van der Waals surface area contributed by atoms with Crippen molar-refractivity contribution in [3.05, 3.63) is 131 Å².